The summed E-state index contributed by atoms with van der Waals surface area (Å²) < 4.78 is 0. The van der Waals surface area contributed by atoms with Gasteiger partial charge in [-0.1, -0.05) is 0 Å². The largest absolute Gasteiger partial charge is 0.391 e. The van der Waals surface area contributed by atoms with Gasteiger partial charge in [0, 0.05) is 19.3 Å². The van der Waals surface area contributed by atoms with Crippen molar-refractivity contribution in [2.75, 3.05) is 18.5 Å². The zero-order chi connectivity index (χ0) is 11.5. The zero-order valence-corrected chi connectivity index (χ0v) is 8.76. The molecular formula is C10H14N4O2. The Balaban J connectivity index is 2.14. The van der Waals surface area contributed by atoms with E-state index in [1.807, 2.05) is 0 Å². The van der Waals surface area contributed by atoms with Gasteiger partial charge in [0.1, 0.15) is 5.69 Å². The Morgan fingerprint density at radius 3 is 3.12 bits per heavy atom. The number of carbonyl (C=O) groups is 1. The highest BCUT2D eigenvalue weighted by Crippen LogP contribution is 2.14. The number of aliphatic hydroxyl groups is 1. The van der Waals surface area contributed by atoms with Crippen molar-refractivity contribution in [2.24, 2.45) is 5.84 Å². The molecule has 1 fully saturated rings. The van der Waals surface area contributed by atoms with Crippen LogP contribution >= 0.6 is 0 Å². The van der Waals surface area contributed by atoms with Crippen LogP contribution in [-0.4, -0.2) is 40.1 Å². The highest BCUT2D eigenvalue weighted by atomic mass is 16.3. The van der Waals surface area contributed by atoms with Crippen molar-refractivity contribution in [3.63, 3.8) is 0 Å². The standard InChI is InChI=1S/C10H14N4O2/c11-13-7-1-3-12-9(5-7)10(16)14-4-2-8(15)6-14/h1,3,5,8,15H,2,4,6,11H2,(H,12,13). The first-order valence-electron chi connectivity index (χ1n) is 5.10. The zero-order valence-electron chi connectivity index (χ0n) is 8.76. The van der Waals surface area contributed by atoms with Gasteiger partial charge in [0.2, 0.25) is 0 Å². The second-order valence-corrected chi connectivity index (χ2v) is 3.77. The lowest BCUT2D eigenvalue weighted by Gasteiger charge is -2.15. The number of anilines is 1. The summed E-state index contributed by atoms with van der Waals surface area (Å²) in [6.07, 6.45) is 1.73. The Kier molecular flexibility index (Phi) is 3.02. The van der Waals surface area contributed by atoms with Crippen LogP contribution in [0.4, 0.5) is 5.69 Å². The van der Waals surface area contributed by atoms with E-state index in [0.717, 1.165) is 0 Å². The predicted octanol–water partition coefficient (Wildman–Crippen LogP) is -0.426. The van der Waals surface area contributed by atoms with Crippen LogP contribution in [-0.2, 0) is 0 Å². The van der Waals surface area contributed by atoms with Crippen molar-refractivity contribution < 1.29 is 9.90 Å². The molecule has 6 heteroatoms. The van der Waals surface area contributed by atoms with Gasteiger partial charge in [-0.3, -0.25) is 15.6 Å². The number of likely N-dealkylation sites (tertiary alicyclic amines) is 1. The molecule has 2 rings (SSSR count). The maximum absolute atomic E-state index is 11.9. The van der Waals surface area contributed by atoms with Crippen LogP contribution in [0.2, 0.25) is 0 Å². The van der Waals surface area contributed by atoms with Crippen molar-refractivity contribution in [1.29, 1.82) is 0 Å². The molecule has 4 N–H and O–H groups in total. The number of aromatic nitrogens is 1. The molecule has 1 aromatic rings. The van der Waals surface area contributed by atoms with Gasteiger partial charge < -0.3 is 15.4 Å². The summed E-state index contributed by atoms with van der Waals surface area (Å²) in [4.78, 5) is 17.5. The molecule has 86 valence electrons. The first kappa shape index (κ1) is 10.8. The number of amides is 1. The minimum Gasteiger partial charge on any atom is -0.391 e. The van der Waals surface area contributed by atoms with E-state index < -0.39 is 6.10 Å². The van der Waals surface area contributed by atoms with Gasteiger partial charge in [0.25, 0.3) is 5.91 Å². The summed E-state index contributed by atoms with van der Waals surface area (Å²) in [5.41, 5.74) is 3.44. The van der Waals surface area contributed by atoms with Gasteiger partial charge in [-0.15, -0.1) is 0 Å². The molecule has 0 aromatic carbocycles. The molecule has 2 heterocycles. The molecule has 1 aliphatic rings. The highest BCUT2D eigenvalue weighted by molar-refractivity contribution is 5.93. The van der Waals surface area contributed by atoms with Crippen LogP contribution < -0.4 is 11.3 Å². The van der Waals surface area contributed by atoms with E-state index in [-0.39, 0.29) is 5.91 Å². The van der Waals surface area contributed by atoms with Crippen molar-refractivity contribution in [3.05, 3.63) is 24.0 Å². The van der Waals surface area contributed by atoms with E-state index in [4.69, 9.17) is 5.84 Å². The van der Waals surface area contributed by atoms with Crippen molar-refractivity contribution in [2.45, 2.75) is 12.5 Å². The van der Waals surface area contributed by atoms with Gasteiger partial charge in [-0.25, -0.2) is 0 Å². The summed E-state index contributed by atoms with van der Waals surface area (Å²) in [5.74, 6) is 5.08. The SMILES string of the molecule is NNc1ccnc(C(=O)N2CCC(O)C2)c1. The lowest BCUT2D eigenvalue weighted by molar-refractivity contribution is 0.0759. The summed E-state index contributed by atoms with van der Waals surface area (Å²) in [7, 11) is 0. The highest BCUT2D eigenvalue weighted by Gasteiger charge is 2.26. The Morgan fingerprint density at radius 2 is 2.50 bits per heavy atom. The molecule has 0 saturated carbocycles. The average Bonchev–Trinajstić information content (AvgIpc) is 2.75. The number of nitrogens with two attached hydrogens (primary N) is 1. The number of nitrogens with zero attached hydrogens (tertiary/aromatic N) is 2. The lowest BCUT2D eigenvalue weighted by atomic mass is 10.3. The number of hydrogen-bond donors (Lipinski definition) is 3. The third-order valence-electron chi connectivity index (χ3n) is 2.60. The normalized spacial score (nSPS) is 19.9. The molecule has 1 aliphatic heterocycles. The topological polar surface area (TPSA) is 91.5 Å². The molecule has 0 bridgehead atoms. The van der Waals surface area contributed by atoms with Crippen LogP contribution in [0.3, 0.4) is 0 Å². The fraction of sp³-hybridized carbons (Fsp3) is 0.400. The summed E-state index contributed by atoms with van der Waals surface area (Å²) in [6, 6.07) is 3.27. The molecule has 1 saturated heterocycles. The lowest BCUT2D eigenvalue weighted by Crippen LogP contribution is -2.30. The molecule has 0 radical (unpaired) electrons. The third kappa shape index (κ3) is 2.12. The van der Waals surface area contributed by atoms with Crippen molar-refractivity contribution in [3.8, 4) is 0 Å². The molecule has 16 heavy (non-hydrogen) atoms. The van der Waals surface area contributed by atoms with Crippen molar-refractivity contribution in [1.82, 2.24) is 9.88 Å². The van der Waals surface area contributed by atoms with Crippen LogP contribution in [0.1, 0.15) is 16.9 Å². The number of nitrogens with one attached hydrogen (secondary N) is 1. The monoisotopic (exact) mass is 222 g/mol. The summed E-state index contributed by atoms with van der Waals surface area (Å²) >= 11 is 0. The smallest absolute Gasteiger partial charge is 0.272 e. The fourth-order valence-electron chi connectivity index (χ4n) is 1.73. The van der Waals surface area contributed by atoms with Crippen LogP contribution in [0.15, 0.2) is 18.3 Å². The Labute approximate surface area is 93.0 Å². The van der Waals surface area contributed by atoms with E-state index in [9.17, 15) is 9.90 Å². The Hall–Kier alpha value is -1.66. The number of carbonyl (C=O) groups excluding carboxylic acids is 1. The molecule has 0 aliphatic carbocycles. The summed E-state index contributed by atoms with van der Waals surface area (Å²) in [6.45, 7) is 0.947. The van der Waals surface area contributed by atoms with E-state index >= 15 is 0 Å². The number of hydrazine groups is 1. The van der Waals surface area contributed by atoms with Gasteiger partial charge in [-0.05, 0) is 18.6 Å². The molecule has 0 spiro atoms. The first-order chi connectivity index (χ1) is 7.70. The number of rotatable bonds is 2. The van der Waals surface area contributed by atoms with Gasteiger partial charge >= 0.3 is 0 Å². The molecule has 1 amide bonds. The second-order valence-electron chi connectivity index (χ2n) is 3.77. The minimum absolute atomic E-state index is 0.173. The maximum Gasteiger partial charge on any atom is 0.272 e. The number of pyridine rings is 1. The van der Waals surface area contributed by atoms with Gasteiger partial charge in [0.05, 0.1) is 11.8 Å². The first-order valence-corrected chi connectivity index (χ1v) is 5.10. The van der Waals surface area contributed by atoms with Gasteiger partial charge in [-0.2, -0.15) is 0 Å². The fourth-order valence-corrected chi connectivity index (χ4v) is 1.73. The van der Waals surface area contributed by atoms with Crippen LogP contribution in [0.5, 0.6) is 0 Å². The minimum atomic E-state index is -0.417. The van der Waals surface area contributed by atoms with E-state index in [0.29, 0.717) is 30.9 Å². The maximum atomic E-state index is 11.9. The number of nitrogen functional groups attached to an aromatic ring is 1. The van der Waals surface area contributed by atoms with Gasteiger partial charge in [0.15, 0.2) is 0 Å². The average molecular weight is 222 g/mol. The van der Waals surface area contributed by atoms with E-state index in [1.165, 1.54) is 6.20 Å². The number of aliphatic hydroxyl groups excluding tert-OH is 1. The number of β-amino-alcohol motifs (C(OH)–C–C–N with tert-alkyl or cyclic N) is 1. The van der Waals surface area contributed by atoms with E-state index in [2.05, 4.69) is 10.4 Å². The van der Waals surface area contributed by atoms with Crippen molar-refractivity contribution >= 4 is 11.6 Å². The third-order valence-corrected chi connectivity index (χ3v) is 2.60. The quantitative estimate of drug-likeness (QED) is 0.466. The Bertz CT molecular complexity index is 396. The second kappa shape index (κ2) is 4.46. The molecule has 1 unspecified atom stereocenters. The molecule has 1 atom stereocenters. The predicted molar refractivity (Wildman–Crippen MR) is 58.6 cm³/mol. The molecule has 1 aromatic heterocycles. The number of hydrogen-bond acceptors (Lipinski definition) is 5. The molecule has 6 nitrogen and oxygen atoms in total. The Morgan fingerprint density at radius 1 is 1.69 bits per heavy atom. The van der Waals surface area contributed by atoms with Crippen LogP contribution in [0, 0.1) is 0 Å². The molecular weight excluding hydrogens is 208 g/mol. The van der Waals surface area contributed by atoms with E-state index in [1.54, 1.807) is 17.0 Å². The van der Waals surface area contributed by atoms with Crippen LogP contribution in [0.25, 0.3) is 0 Å². The summed E-state index contributed by atoms with van der Waals surface area (Å²) in [5, 5.41) is 9.35.